The van der Waals surface area contributed by atoms with Crippen molar-refractivity contribution in [1.29, 1.82) is 0 Å². The molecule has 6 atom stereocenters. The lowest BCUT2D eigenvalue weighted by atomic mass is 9.94. The normalized spacial score (nSPS) is 29.0. The van der Waals surface area contributed by atoms with Crippen LogP contribution in [-0.2, 0) is 19.1 Å². The van der Waals surface area contributed by atoms with E-state index in [1.54, 1.807) is 0 Å². The van der Waals surface area contributed by atoms with E-state index in [0.717, 1.165) is 11.7 Å². The summed E-state index contributed by atoms with van der Waals surface area (Å²) in [4.78, 5) is 39.5. The average molecular weight is 387 g/mol. The van der Waals surface area contributed by atoms with Crippen molar-refractivity contribution in [3.63, 3.8) is 0 Å². The third-order valence-corrected chi connectivity index (χ3v) is 4.02. The van der Waals surface area contributed by atoms with Crippen molar-refractivity contribution in [2.24, 2.45) is 5.73 Å². The lowest BCUT2D eigenvalue weighted by molar-refractivity contribution is -0.222. The summed E-state index contributed by atoms with van der Waals surface area (Å²) in [6.07, 6.45) is -5.40. The largest absolute Gasteiger partial charge is 0.467 e. The Labute approximate surface area is 152 Å². The molecule has 0 radical (unpaired) electrons. The average Bonchev–Trinajstić information content (AvgIpc) is 2.64. The van der Waals surface area contributed by atoms with E-state index in [-0.39, 0.29) is 5.82 Å². The molecule has 0 saturated carbocycles. The molecule has 1 fully saturated rings. The summed E-state index contributed by atoms with van der Waals surface area (Å²) in [7, 11) is 1.05. The SMILES string of the molecule is COC(=O)[C@@H]1O[C@H](n2ccc(N)nc2=O)[C@@H](O)[C@H](O)[C@H]1NC(=O)[C@@H](N)CO. The molecule has 0 unspecified atom stereocenters. The number of hydrogen-bond donors (Lipinski definition) is 6. The molecular formula is C14H21N5O8. The van der Waals surface area contributed by atoms with E-state index < -0.39 is 60.8 Å². The Morgan fingerprint density at radius 2 is 2.11 bits per heavy atom. The lowest BCUT2D eigenvalue weighted by Crippen LogP contribution is -2.66. The van der Waals surface area contributed by atoms with Gasteiger partial charge in [-0.2, -0.15) is 4.98 Å². The van der Waals surface area contributed by atoms with Crippen LogP contribution in [0.1, 0.15) is 6.23 Å². The van der Waals surface area contributed by atoms with Crippen molar-refractivity contribution in [2.45, 2.75) is 36.6 Å². The summed E-state index contributed by atoms with van der Waals surface area (Å²) in [5.41, 5.74) is 9.91. The summed E-state index contributed by atoms with van der Waals surface area (Å²) in [5, 5.41) is 31.9. The molecule has 13 nitrogen and oxygen atoms in total. The van der Waals surface area contributed by atoms with Crippen LogP contribution in [0.2, 0.25) is 0 Å². The number of anilines is 1. The quantitative estimate of drug-likeness (QED) is 0.264. The predicted octanol–water partition coefficient (Wildman–Crippen LogP) is -4.58. The van der Waals surface area contributed by atoms with Crippen LogP contribution < -0.4 is 22.5 Å². The van der Waals surface area contributed by atoms with Crippen molar-refractivity contribution in [2.75, 3.05) is 19.5 Å². The molecule has 1 saturated heterocycles. The van der Waals surface area contributed by atoms with E-state index >= 15 is 0 Å². The van der Waals surface area contributed by atoms with Gasteiger partial charge in [-0.25, -0.2) is 9.59 Å². The minimum atomic E-state index is -1.74. The highest BCUT2D eigenvalue weighted by molar-refractivity contribution is 5.83. The lowest BCUT2D eigenvalue weighted by Gasteiger charge is -2.42. The second-order valence-electron chi connectivity index (χ2n) is 5.82. The van der Waals surface area contributed by atoms with Gasteiger partial charge in [-0.1, -0.05) is 0 Å². The van der Waals surface area contributed by atoms with Crippen LogP contribution in [0.5, 0.6) is 0 Å². The molecule has 0 aromatic carbocycles. The first-order chi connectivity index (χ1) is 12.7. The maximum Gasteiger partial charge on any atom is 0.351 e. The molecule has 27 heavy (non-hydrogen) atoms. The number of nitrogen functional groups attached to an aromatic ring is 1. The second-order valence-corrected chi connectivity index (χ2v) is 5.82. The maximum atomic E-state index is 12.1. The minimum absolute atomic E-state index is 0.0743. The van der Waals surface area contributed by atoms with Gasteiger partial charge >= 0.3 is 11.7 Å². The van der Waals surface area contributed by atoms with E-state index in [1.807, 2.05) is 0 Å². The number of aliphatic hydroxyl groups is 3. The van der Waals surface area contributed by atoms with Crippen molar-refractivity contribution < 1.29 is 34.4 Å². The number of esters is 1. The summed E-state index contributed by atoms with van der Waals surface area (Å²) < 4.78 is 10.9. The van der Waals surface area contributed by atoms with Crippen LogP contribution in [0.4, 0.5) is 5.82 Å². The fourth-order valence-corrected chi connectivity index (χ4v) is 2.56. The molecule has 1 aromatic heterocycles. The minimum Gasteiger partial charge on any atom is -0.467 e. The Bertz CT molecular complexity index is 755. The molecule has 150 valence electrons. The van der Waals surface area contributed by atoms with Crippen molar-refractivity contribution in [3.8, 4) is 0 Å². The molecule has 1 aliphatic rings. The van der Waals surface area contributed by atoms with Gasteiger partial charge in [0.2, 0.25) is 5.91 Å². The number of nitrogens with one attached hydrogen (secondary N) is 1. The van der Waals surface area contributed by atoms with E-state index in [1.165, 1.54) is 12.3 Å². The molecule has 1 amide bonds. The van der Waals surface area contributed by atoms with Crippen molar-refractivity contribution >= 4 is 17.7 Å². The molecule has 0 spiro atoms. The standard InChI is InChI=1S/C14H21N5O8/c1-26-13(24)10-7(18-11(23)5(15)4-20)8(21)9(22)12(27-10)19-3-2-6(16)17-14(19)25/h2-3,5,7-10,12,20-22H,4,15H2,1H3,(H,18,23)(H2,16,17,25)/t5-,7+,8+,9-,10+,12-/m0/s1. The van der Waals surface area contributed by atoms with Crippen LogP contribution in [0, 0.1) is 0 Å². The van der Waals surface area contributed by atoms with Gasteiger partial charge < -0.3 is 41.6 Å². The number of amides is 1. The number of carbonyl (C=O) groups is 2. The fraction of sp³-hybridized carbons (Fsp3) is 0.571. The van der Waals surface area contributed by atoms with Crippen LogP contribution in [0.15, 0.2) is 17.1 Å². The Morgan fingerprint density at radius 1 is 1.44 bits per heavy atom. The van der Waals surface area contributed by atoms with E-state index in [4.69, 9.17) is 21.3 Å². The van der Waals surface area contributed by atoms with Gasteiger partial charge in [0.25, 0.3) is 0 Å². The van der Waals surface area contributed by atoms with Crippen LogP contribution >= 0.6 is 0 Å². The van der Waals surface area contributed by atoms with Gasteiger partial charge in [-0.3, -0.25) is 9.36 Å². The summed E-state index contributed by atoms with van der Waals surface area (Å²) >= 11 is 0. The summed E-state index contributed by atoms with van der Waals surface area (Å²) in [6.45, 7) is -0.684. The molecule has 2 heterocycles. The Balaban J connectivity index is 2.36. The fourth-order valence-electron chi connectivity index (χ4n) is 2.56. The van der Waals surface area contributed by atoms with Gasteiger partial charge in [0.1, 0.15) is 24.1 Å². The number of ether oxygens (including phenoxy) is 2. The van der Waals surface area contributed by atoms with Gasteiger partial charge in [0, 0.05) is 6.20 Å². The number of aromatic nitrogens is 2. The topological polar surface area (TPSA) is 212 Å². The first-order valence-electron chi connectivity index (χ1n) is 7.82. The highest BCUT2D eigenvalue weighted by atomic mass is 16.6. The molecule has 0 bridgehead atoms. The highest BCUT2D eigenvalue weighted by Gasteiger charge is 2.49. The third kappa shape index (κ3) is 4.23. The smallest absolute Gasteiger partial charge is 0.351 e. The summed E-state index contributed by atoms with van der Waals surface area (Å²) in [5.74, 6) is -1.95. The van der Waals surface area contributed by atoms with Crippen LogP contribution in [-0.4, -0.2) is 80.9 Å². The van der Waals surface area contributed by atoms with Crippen molar-refractivity contribution in [3.05, 3.63) is 22.7 Å². The molecule has 13 heteroatoms. The number of carbonyl (C=O) groups excluding carboxylic acids is 2. The Kier molecular flexibility index (Phi) is 6.45. The molecule has 8 N–H and O–H groups in total. The second kappa shape index (κ2) is 8.41. The van der Waals surface area contributed by atoms with Crippen LogP contribution in [0.3, 0.4) is 0 Å². The van der Waals surface area contributed by atoms with E-state index in [0.29, 0.717) is 0 Å². The predicted molar refractivity (Wildman–Crippen MR) is 87.8 cm³/mol. The van der Waals surface area contributed by atoms with E-state index in [2.05, 4.69) is 15.0 Å². The zero-order valence-corrected chi connectivity index (χ0v) is 14.3. The number of hydrogen-bond acceptors (Lipinski definition) is 11. The monoisotopic (exact) mass is 387 g/mol. The Morgan fingerprint density at radius 3 is 2.67 bits per heavy atom. The molecule has 1 aliphatic heterocycles. The zero-order chi connectivity index (χ0) is 20.3. The molecule has 0 aliphatic carbocycles. The number of nitrogens with zero attached hydrogens (tertiary/aromatic N) is 2. The number of nitrogens with two attached hydrogens (primary N) is 2. The number of methoxy groups -OCH3 is 1. The van der Waals surface area contributed by atoms with Gasteiger partial charge in [0.05, 0.1) is 19.8 Å². The first-order valence-corrected chi connectivity index (χ1v) is 7.82. The van der Waals surface area contributed by atoms with Gasteiger partial charge in [-0.15, -0.1) is 0 Å². The molecular weight excluding hydrogens is 366 g/mol. The Hall–Kier alpha value is -2.58. The first kappa shape index (κ1) is 20.7. The van der Waals surface area contributed by atoms with E-state index in [9.17, 15) is 24.6 Å². The highest BCUT2D eigenvalue weighted by Crippen LogP contribution is 2.28. The molecule has 2 rings (SSSR count). The van der Waals surface area contributed by atoms with Crippen molar-refractivity contribution in [1.82, 2.24) is 14.9 Å². The summed E-state index contributed by atoms with van der Waals surface area (Å²) in [6, 6.07) is -1.52. The number of rotatable bonds is 5. The van der Waals surface area contributed by atoms with Crippen LogP contribution in [0.25, 0.3) is 0 Å². The maximum absolute atomic E-state index is 12.1. The molecule has 1 aromatic rings. The van der Waals surface area contributed by atoms with Gasteiger partial charge in [-0.05, 0) is 6.07 Å². The zero-order valence-electron chi connectivity index (χ0n) is 14.3. The third-order valence-electron chi connectivity index (χ3n) is 4.02. The number of aliphatic hydroxyl groups excluding tert-OH is 3. The van der Waals surface area contributed by atoms with Gasteiger partial charge in [0.15, 0.2) is 12.3 Å².